The second kappa shape index (κ2) is 10.3. The third-order valence-electron chi connectivity index (χ3n) is 5.67. The van der Waals surface area contributed by atoms with Crippen LogP contribution in [-0.2, 0) is 9.59 Å². The van der Waals surface area contributed by atoms with Crippen LogP contribution >= 0.6 is 11.3 Å². The highest BCUT2D eigenvalue weighted by atomic mass is 32.1. The van der Waals surface area contributed by atoms with Crippen molar-refractivity contribution >= 4 is 33.9 Å². The first-order valence-electron chi connectivity index (χ1n) is 11.3. The molecule has 1 fully saturated rings. The van der Waals surface area contributed by atoms with Gasteiger partial charge in [-0.15, -0.1) is 10.2 Å². The lowest BCUT2D eigenvalue weighted by Crippen LogP contribution is -2.29. The molecule has 0 spiro atoms. The van der Waals surface area contributed by atoms with Crippen LogP contribution in [0.3, 0.4) is 0 Å². The van der Waals surface area contributed by atoms with Crippen molar-refractivity contribution in [1.29, 1.82) is 0 Å². The number of aliphatic hydroxyl groups is 1. The summed E-state index contributed by atoms with van der Waals surface area (Å²) < 4.78 is 11.1. The second-order valence-corrected chi connectivity index (χ2v) is 9.76. The number of hydrogen-bond acceptors (Lipinski definition) is 8. The van der Waals surface area contributed by atoms with E-state index in [2.05, 4.69) is 24.0 Å². The Kier molecular flexibility index (Phi) is 7.16. The van der Waals surface area contributed by atoms with Crippen molar-refractivity contribution < 1.29 is 24.2 Å². The van der Waals surface area contributed by atoms with Gasteiger partial charge in [-0.05, 0) is 61.2 Å². The van der Waals surface area contributed by atoms with Crippen LogP contribution in [0, 0.1) is 12.8 Å². The molecular weight excluding hydrogens is 466 g/mol. The van der Waals surface area contributed by atoms with Gasteiger partial charge in [0.1, 0.15) is 22.3 Å². The van der Waals surface area contributed by atoms with Crippen molar-refractivity contribution in [2.75, 3.05) is 18.6 Å². The Bertz CT molecular complexity index is 1270. The number of aliphatic hydroxyl groups excluding tert-OH is 1. The lowest BCUT2D eigenvalue weighted by Gasteiger charge is -2.23. The van der Waals surface area contributed by atoms with Crippen molar-refractivity contribution in [3.05, 3.63) is 70.2 Å². The fourth-order valence-corrected chi connectivity index (χ4v) is 4.53. The zero-order chi connectivity index (χ0) is 25.1. The summed E-state index contributed by atoms with van der Waals surface area (Å²) in [5.41, 5.74) is 0.994. The van der Waals surface area contributed by atoms with Crippen LogP contribution in [0.15, 0.2) is 54.1 Å². The van der Waals surface area contributed by atoms with Crippen LogP contribution in [0.2, 0.25) is 0 Å². The number of nitrogens with zero attached hydrogens (tertiary/aromatic N) is 3. The Morgan fingerprint density at radius 1 is 1.11 bits per heavy atom. The summed E-state index contributed by atoms with van der Waals surface area (Å²) >= 11 is 1.20. The lowest BCUT2D eigenvalue weighted by molar-refractivity contribution is -0.132. The number of benzene rings is 2. The predicted molar refractivity (Wildman–Crippen MR) is 134 cm³/mol. The molecule has 3 aromatic rings. The van der Waals surface area contributed by atoms with Gasteiger partial charge in [0.25, 0.3) is 5.78 Å². The van der Waals surface area contributed by atoms with Gasteiger partial charge in [-0.25, -0.2) is 0 Å². The van der Waals surface area contributed by atoms with Gasteiger partial charge >= 0.3 is 5.91 Å². The van der Waals surface area contributed by atoms with Crippen molar-refractivity contribution in [3.8, 4) is 11.5 Å². The van der Waals surface area contributed by atoms with Gasteiger partial charge in [-0.3, -0.25) is 14.5 Å². The van der Waals surface area contributed by atoms with Crippen LogP contribution in [0.1, 0.15) is 42.4 Å². The first-order valence-corrected chi connectivity index (χ1v) is 12.1. The molecule has 9 heteroatoms. The molecule has 0 bridgehead atoms. The topological polar surface area (TPSA) is 102 Å². The molecule has 35 heavy (non-hydrogen) atoms. The minimum absolute atomic E-state index is 0.0210. The summed E-state index contributed by atoms with van der Waals surface area (Å²) in [7, 11) is 1.54. The van der Waals surface area contributed by atoms with Gasteiger partial charge in [-0.2, -0.15) is 0 Å². The largest absolute Gasteiger partial charge is 0.507 e. The van der Waals surface area contributed by atoms with E-state index in [9.17, 15) is 14.7 Å². The van der Waals surface area contributed by atoms with Gasteiger partial charge in [-0.1, -0.05) is 37.3 Å². The van der Waals surface area contributed by atoms with E-state index in [0.29, 0.717) is 40.2 Å². The van der Waals surface area contributed by atoms with E-state index in [-0.39, 0.29) is 16.5 Å². The molecule has 1 amide bonds. The molecule has 1 aliphatic rings. The number of aryl methyl sites for hydroxylation is 1. The highest BCUT2D eigenvalue weighted by molar-refractivity contribution is 7.15. The predicted octanol–water partition coefficient (Wildman–Crippen LogP) is 4.91. The number of hydrogen-bond donors (Lipinski definition) is 1. The molecule has 4 rings (SSSR count). The van der Waals surface area contributed by atoms with Gasteiger partial charge < -0.3 is 14.6 Å². The first kappa shape index (κ1) is 24.4. The summed E-state index contributed by atoms with van der Waals surface area (Å²) in [6, 6.07) is 13.0. The Hall–Kier alpha value is -3.72. The van der Waals surface area contributed by atoms with E-state index in [1.165, 1.54) is 16.2 Å². The van der Waals surface area contributed by atoms with Gasteiger partial charge in [0.2, 0.25) is 5.13 Å². The molecule has 1 aliphatic heterocycles. The number of ether oxygens (including phenoxy) is 2. The lowest BCUT2D eigenvalue weighted by atomic mass is 9.95. The fraction of sp³-hybridized carbons (Fsp3) is 0.308. The molecule has 1 aromatic heterocycles. The van der Waals surface area contributed by atoms with E-state index < -0.39 is 17.7 Å². The summed E-state index contributed by atoms with van der Waals surface area (Å²) in [6.07, 6.45) is 0.893. The summed E-state index contributed by atoms with van der Waals surface area (Å²) in [4.78, 5) is 27.7. The van der Waals surface area contributed by atoms with E-state index in [0.717, 1.165) is 6.42 Å². The molecule has 0 radical (unpaired) electrons. The van der Waals surface area contributed by atoms with Gasteiger partial charge in [0.15, 0.2) is 0 Å². The molecule has 2 aromatic carbocycles. The highest BCUT2D eigenvalue weighted by Gasteiger charge is 2.48. The van der Waals surface area contributed by atoms with Crippen molar-refractivity contribution in [1.82, 2.24) is 10.2 Å². The molecule has 1 N–H and O–H groups in total. The molecule has 8 nitrogen and oxygen atoms in total. The monoisotopic (exact) mass is 493 g/mol. The summed E-state index contributed by atoms with van der Waals surface area (Å²) in [5, 5.41) is 20.3. The molecule has 2 heterocycles. The third-order valence-corrected chi connectivity index (χ3v) is 6.51. The van der Waals surface area contributed by atoms with E-state index >= 15 is 0 Å². The number of Topliss-reactive ketones (excluding diaryl/α,β-unsaturated/α-hetero) is 1. The van der Waals surface area contributed by atoms with E-state index in [4.69, 9.17) is 9.47 Å². The summed E-state index contributed by atoms with van der Waals surface area (Å²) in [5.74, 6) is -0.114. The van der Waals surface area contributed by atoms with Crippen molar-refractivity contribution in [3.63, 3.8) is 0 Å². The Labute approximate surface area is 207 Å². The first-order chi connectivity index (χ1) is 16.8. The Morgan fingerprint density at radius 2 is 1.86 bits per heavy atom. The summed E-state index contributed by atoms with van der Waals surface area (Å²) in [6.45, 7) is 6.56. The normalized spacial score (nSPS) is 17.3. The smallest absolute Gasteiger partial charge is 0.301 e. The van der Waals surface area contributed by atoms with Crippen LogP contribution in [0.4, 0.5) is 5.13 Å². The number of amides is 1. The average Bonchev–Trinajstić information content (AvgIpc) is 3.39. The van der Waals surface area contributed by atoms with Crippen molar-refractivity contribution in [2.45, 2.75) is 33.2 Å². The SMILES string of the molecule is COc1ccc(/C(O)=C2\C(=O)C(=O)N(c3nnc(C)s3)C2c2cccc(OCCC(C)C)c2)cc1. The minimum Gasteiger partial charge on any atom is -0.507 e. The van der Waals surface area contributed by atoms with Crippen LogP contribution < -0.4 is 14.4 Å². The fourth-order valence-electron chi connectivity index (χ4n) is 3.82. The van der Waals surface area contributed by atoms with E-state index in [1.807, 2.05) is 6.07 Å². The third kappa shape index (κ3) is 5.05. The van der Waals surface area contributed by atoms with Crippen LogP contribution in [-0.4, -0.2) is 40.7 Å². The number of anilines is 1. The Balaban J connectivity index is 1.82. The average molecular weight is 494 g/mol. The highest BCUT2D eigenvalue weighted by Crippen LogP contribution is 2.43. The molecule has 0 saturated carbocycles. The molecule has 1 unspecified atom stereocenters. The molecule has 1 saturated heterocycles. The maximum atomic E-state index is 13.2. The number of carbonyl (C=O) groups excluding carboxylic acids is 2. The Morgan fingerprint density at radius 3 is 2.49 bits per heavy atom. The maximum Gasteiger partial charge on any atom is 0.301 e. The van der Waals surface area contributed by atoms with Gasteiger partial charge in [0.05, 0.1) is 25.3 Å². The number of rotatable bonds is 8. The second-order valence-electron chi connectivity index (χ2n) is 8.60. The molecule has 1 atom stereocenters. The molecule has 0 aliphatic carbocycles. The maximum absolute atomic E-state index is 13.2. The van der Waals surface area contributed by atoms with E-state index in [1.54, 1.807) is 56.5 Å². The minimum atomic E-state index is -0.891. The van der Waals surface area contributed by atoms with Gasteiger partial charge in [0, 0.05) is 5.56 Å². The quantitative estimate of drug-likeness (QED) is 0.270. The van der Waals surface area contributed by atoms with Crippen LogP contribution in [0.5, 0.6) is 11.5 Å². The molecular formula is C26H27N3O5S. The van der Waals surface area contributed by atoms with Crippen molar-refractivity contribution in [2.24, 2.45) is 5.92 Å². The van der Waals surface area contributed by atoms with Crippen LogP contribution in [0.25, 0.3) is 5.76 Å². The number of methoxy groups -OCH3 is 1. The zero-order valence-corrected chi connectivity index (χ0v) is 20.8. The number of carbonyl (C=O) groups is 2. The standard InChI is InChI=1S/C26H27N3O5S/c1-15(2)12-13-34-20-7-5-6-18(14-20)22-21(23(30)17-8-10-19(33-4)11-9-17)24(31)25(32)29(22)26-28-27-16(3)35-26/h5-11,14-15,22,30H,12-13H2,1-4H3/b23-21+. The number of aromatic nitrogens is 2. The molecule has 182 valence electrons. The number of ketones is 1. The zero-order valence-electron chi connectivity index (χ0n) is 20.0.